The van der Waals surface area contributed by atoms with E-state index < -0.39 is 0 Å². The van der Waals surface area contributed by atoms with Gasteiger partial charge in [0.2, 0.25) is 0 Å². The average Bonchev–Trinajstić information content (AvgIpc) is 2.49. The summed E-state index contributed by atoms with van der Waals surface area (Å²) in [5, 5.41) is 4.75. The smallest absolute Gasteiger partial charge is 0.0705 e. The Kier molecular flexibility index (Phi) is 4.78. The van der Waals surface area contributed by atoms with Crippen LogP contribution in [0.2, 0.25) is 0 Å². The number of rotatable bonds is 6. The molecule has 0 aliphatic carbocycles. The number of alkyl halides is 1. The first kappa shape index (κ1) is 14.3. The number of hydrogen-bond acceptors (Lipinski definition) is 2. The van der Waals surface area contributed by atoms with Gasteiger partial charge in [-0.3, -0.25) is 4.98 Å². The zero-order chi connectivity index (χ0) is 13.7. The van der Waals surface area contributed by atoms with Gasteiger partial charge < -0.3 is 5.32 Å². The molecule has 0 amide bonds. The Bertz CT molecular complexity index is 527. The lowest BCUT2D eigenvalue weighted by Gasteiger charge is -2.30. The minimum Gasteiger partial charge on any atom is -0.304 e. The minimum absolute atomic E-state index is 0.0227. The van der Waals surface area contributed by atoms with Gasteiger partial charge in [0.1, 0.15) is 0 Å². The molecule has 1 aromatic heterocycles. The Morgan fingerprint density at radius 2 is 1.84 bits per heavy atom. The number of hydrogen-bond donors (Lipinski definition) is 1. The summed E-state index contributed by atoms with van der Waals surface area (Å²) in [6.07, 6.45) is 2.06. The molecule has 3 heteroatoms. The van der Waals surface area contributed by atoms with E-state index in [9.17, 15) is 0 Å². The molecule has 0 fully saturated rings. The van der Waals surface area contributed by atoms with E-state index in [1.807, 2.05) is 18.2 Å². The minimum atomic E-state index is 0.0227. The summed E-state index contributed by atoms with van der Waals surface area (Å²) in [6, 6.07) is 12.4. The Hall–Kier alpha value is -1.12. The van der Waals surface area contributed by atoms with Crippen LogP contribution in [0.1, 0.15) is 32.4 Å². The van der Waals surface area contributed by atoms with Gasteiger partial charge in [-0.1, -0.05) is 38.1 Å². The molecule has 1 heterocycles. The van der Waals surface area contributed by atoms with Crippen molar-refractivity contribution in [3.8, 4) is 0 Å². The molecule has 102 valence electrons. The highest BCUT2D eigenvalue weighted by atomic mass is 35.5. The molecule has 2 aromatic rings. The molecule has 0 aliphatic heterocycles. The fraction of sp³-hybridized carbons (Fsp3) is 0.438. The van der Waals surface area contributed by atoms with Crippen LogP contribution in [0.15, 0.2) is 36.4 Å². The fourth-order valence-electron chi connectivity index (χ4n) is 2.22. The van der Waals surface area contributed by atoms with Gasteiger partial charge in [0.05, 0.1) is 11.2 Å². The van der Waals surface area contributed by atoms with Crippen LogP contribution in [0.3, 0.4) is 0 Å². The monoisotopic (exact) mass is 276 g/mol. The highest BCUT2D eigenvalue weighted by Crippen LogP contribution is 2.18. The number of benzene rings is 1. The van der Waals surface area contributed by atoms with Gasteiger partial charge in [-0.15, -0.1) is 11.6 Å². The number of pyridine rings is 1. The SMILES string of the molecule is CCC(CC)(CCl)NCc1ccc2ccccc2n1. The van der Waals surface area contributed by atoms with Crippen molar-refractivity contribution in [3.63, 3.8) is 0 Å². The van der Waals surface area contributed by atoms with Crippen molar-refractivity contribution >= 4 is 22.5 Å². The van der Waals surface area contributed by atoms with Gasteiger partial charge in [-0.25, -0.2) is 0 Å². The second kappa shape index (κ2) is 6.36. The maximum Gasteiger partial charge on any atom is 0.0705 e. The maximum absolute atomic E-state index is 6.10. The van der Waals surface area contributed by atoms with Crippen LogP contribution < -0.4 is 5.32 Å². The predicted molar refractivity (Wildman–Crippen MR) is 82.6 cm³/mol. The number of para-hydroxylation sites is 1. The lowest BCUT2D eigenvalue weighted by molar-refractivity contribution is 0.333. The molecular weight excluding hydrogens is 256 g/mol. The first-order valence-electron chi connectivity index (χ1n) is 6.88. The normalized spacial score (nSPS) is 11.9. The summed E-state index contributed by atoms with van der Waals surface area (Å²) in [5.41, 5.74) is 2.14. The lowest BCUT2D eigenvalue weighted by Crippen LogP contribution is -2.45. The Labute approximate surface area is 120 Å². The third-order valence-electron chi connectivity index (χ3n) is 3.91. The largest absolute Gasteiger partial charge is 0.304 e. The molecule has 0 aliphatic rings. The van der Waals surface area contributed by atoms with E-state index in [4.69, 9.17) is 11.6 Å². The molecule has 0 bridgehead atoms. The van der Waals surface area contributed by atoms with E-state index in [2.05, 4.69) is 42.3 Å². The van der Waals surface area contributed by atoms with Gasteiger partial charge in [0.25, 0.3) is 0 Å². The molecule has 0 spiro atoms. The van der Waals surface area contributed by atoms with E-state index in [1.54, 1.807) is 0 Å². The molecule has 1 aromatic carbocycles. The van der Waals surface area contributed by atoms with Crippen molar-refractivity contribution in [2.24, 2.45) is 0 Å². The molecule has 0 radical (unpaired) electrons. The first-order chi connectivity index (χ1) is 9.23. The van der Waals surface area contributed by atoms with Crippen LogP contribution in [0.5, 0.6) is 0 Å². The highest BCUT2D eigenvalue weighted by molar-refractivity contribution is 6.18. The van der Waals surface area contributed by atoms with E-state index in [0.717, 1.165) is 30.6 Å². The molecule has 0 saturated heterocycles. The molecular formula is C16H21ClN2. The molecule has 0 unspecified atom stereocenters. The van der Waals surface area contributed by atoms with Crippen molar-refractivity contribution in [2.45, 2.75) is 38.8 Å². The highest BCUT2D eigenvalue weighted by Gasteiger charge is 2.23. The second-order valence-corrected chi connectivity index (χ2v) is 5.24. The van der Waals surface area contributed by atoms with Crippen LogP contribution in [0, 0.1) is 0 Å². The van der Waals surface area contributed by atoms with Gasteiger partial charge in [-0.05, 0) is 25.0 Å². The summed E-state index contributed by atoms with van der Waals surface area (Å²) in [4.78, 5) is 4.68. The number of aromatic nitrogens is 1. The fourth-order valence-corrected chi connectivity index (χ4v) is 2.69. The van der Waals surface area contributed by atoms with E-state index >= 15 is 0 Å². The third-order valence-corrected chi connectivity index (χ3v) is 4.42. The van der Waals surface area contributed by atoms with Crippen molar-refractivity contribution in [2.75, 3.05) is 5.88 Å². The summed E-state index contributed by atoms with van der Waals surface area (Å²) >= 11 is 6.10. The lowest BCUT2D eigenvalue weighted by atomic mass is 9.95. The zero-order valence-corrected chi connectivity index (χ0v) is 12.4. The summed E-state index contributed by atoms with van der Waals surface area (Å²) < 4.78 is 0. The zero-order valence-electron chi connectivity index (χ0n) is 11.6. The molecule has 19 heavy (non-hydrogen) atoms. The molecule has 2 nitrogen and oxygen atoms in total. The Morgan fingerprint density at radius 3 is 2.53 bits per heavy atom. The molecule has 2 rings (SSSR count). The standard InChI is InChI=1S/C16H21ClN2/c1-3-16(4-2,12-17)18-11-14-10-9-13-7-5-6-8-15(13)19-14/h5-10,18H,3-4,11-12H2,1-2H3. The van der Waals surface area contributed by atoms with Crippen LogP contribution in [-0.2, 0) is 6.54 Å². The van der Waals surface area contributed by atoms with E-state index in [0.29, 0.717) is 5.88 Å². The van der Waals surface area contributed by atoms with Gasteiger partial charge in [-0.2, -0.15) is 0 Å². The first-order valence-corrected chi connectivity index (χ1v) is 7.42. The van der Waals surface area contributed by atoms with E-state index in [1.165, 1.54) is 5.39 Å². The van der Waals surface area contributed by atoms with Crippen LogP contribution in [-0.4, -0.2) is 16.4 Å². The molecule has 0 atom stereocenters. The Morgan fingerprint density at radius 1 is 1.11 bits per heavy atom. The molecule has 0 saturated carbocycles. The van der Waals surface area contributed by atoms with Crippen molar-refractivity contribution in [3.05, 3.63) is 42.1 Å². The Balaban J connectivity index is 2.13. The van der Waals surface area contributed by atoms with Crippen molar-refractivity contribution in [1.82, 2.24) is 10.3 Å². The summed E-state index contributed by atoms with van der Waals surface area (Å²) in [6.45, 7) is 5.11. The quantitative estimate of drug-likeness (QED) is 0.803. The summed E-state index contributed by atoms with van der Waals surface area (Å²) in [7, 11) is 0. The van der Waals surface area contributed by atoms with Gasteiger partial charge in [0.15, 0.2) is 0 Å². The third kappa shape index (κ3) is 3.26. The topological polar surface area (TPSA) is 24.9 Å². The van der Waals surface area contributed by atoms with Crippen LogP contribution in [0.4, 0.5) is 0 Å². The summed E-state index contributed by atoms with van der Waals surface area (Å²) in [5.74, 6) is 0.633. The number of nitrogens with one attached hydrogen (secondary N) is 1. The van der Waals surface area contributed by atoms with Crippen molar-refractivity contribution in [1.29, 1.82) is 0 Å². The van der Waals surface area contributed by atoms with Crippen LogP contribution >= 0.6 is 11.6 Å². The second-order valence-electron chi connectivity index (χ2n) is 4.97. The number of halogens is 1. The average molecular weight is 277 g/mol. The van der Waals surface area contributed by atoms with Gasteiger partial charge >= 0.3 is 0 Å². The number of fused-ring (bicyclic) bond motifs is 1. The maximum atomic E-state index is 6.10. The van der Waals surface area contributed by atoms with Gasteiger partial charge in [0, 0.05) is 23.3 Å². The predicted octanol–water partition coefficient (Wildman–Crippen LogP) is 4.12. The van der Waals surface area contributed by atoms with Crippen LogP contribution in [0.25, 0.3) is 10.9 Å². The van der Waals surface area contributed by atoms with E-state index in [-0.39, 0.29) is 5.54 Å². The number of nitrogens with zero attached hydrogens (tertiary/aromatic N) is 1. The molecule has 1 N–H and O–H groups in total. The van der Waals surface area contributed by atoms with Crippen molar-refractivity contribution < 1.29 is 0 Å².